The highest BCUT2D eigenvalue weighted by Gasteiger charge is 2.29. The first-order valence-electron chi connectivity index (χ1n) is 12.5. The van der Waals surface area contributed by atoms with E-state index < -0.39 is 21.9 Å². The molecule has 2 atom stereocenters. The Labute approximate surface area is 219 Å². The van der Waals surface area contributed by atoms with Crippen molar-refractivity contribution >= 4 is 27.5 Å². The van der Waals surface area contributed by atoms with Gasteiger partial charge in [0.1, 0.15) is 17.6 Å². The first-order valence-corrected chi connectivity index (χ1v) is 14.3. The fourth-order valence-corrected chi connectivity index (χ4v) is 4.93. The molecule has 8 nitrogen and oxygen atoms in total. The van der Waals surface area contributed by atoms with E-state index in [9.17, 15) is 22.4 Å². The maximum atomic E-state index is 14.3. The number of hydrogen-bond acceptors (Lipinski definition) is 5. The Morgan fingerprint density at radius 1 is 1.08 bits per heavy atom. The molecule has 0 aliphatic rings. The molecule has 0 bridgehead atoms. The lowest BCUT2D eigenvalue weighted by Crippen LogP contribution is -2.50. The normalized spacial score (nSPS) is 12.9. The van der Waals surface area contributed by atoms with Crippen LogP contribution in [-0.2, 0) is 26.2 Å². The third-order valence-corrected chi connectivity index (χ3v) is 7.33. The van der Waals surface area contributed by atoms with Crippen LogP contribution in [-0.4, -0.2) is 57.1 Å². The van der Waals surface area contributed by atoms with Gasteiger partial charge in [-0.2, -0.15) is 0 Å². The average molecular weight is 536 g/mol. The summed E-state index contributed by atoms with van der Waals surface area (Å²) in [5.41, 5.74) is 0.733. The van der Waals surface area contributed by atoms with E-state index in [-0.39, 0.29) is 49.5 Å². The molecule has 37 heavy (non-hydrogen) atoms. The van der Waals surface area contributed by atoms with Gasteiger partial charge in [0.2, 0.25) is 21.8 Å². The zero-order valence-corrected chi connectivity index (χ0v) is 23.1. The van der Waals surface area contributed by atoms with Crippen LogP contribution in [0.2, 0.25) is 0 Å². The second kappa shape index (κ2) is 14.0. The van der Waals surface area contributed by atoms with Crippen LogP contribution in [0, 0.1) is 5.82 Å². The number of carbonyl (C=O) groups excluding carboxylic acids is 2. The van der Waals surface area contributed by atoms with Gasteiger partial charge in [-0.3, -0.25) is 13.9 Å². The van der Waals surface area contributed by atoms with Crippen molar-refractivity contribution < 1.29 is 27.1 Å². The number of anilines is 1. The van der Waals surface area contributed by atoms with E-state index in [1.54, 1.807) is 19.2 Å². The summed E-state index contributed by atoms with van der Waals surface area (Å²) in [6.07, 6.45) is 2.30. The second-order valence-corrected chi connectivity index (χ2v) is 10.9. The van der Waals surface area contributed by atoms with Gasteiger partial charge in [-0.1, -0.05) is 38.1 Å². The predicted molar refractivity (Wildman–Crippen MR) is 143 cm³/mol. The zero-order valence-electron chi connectivity index (χ0n) is 22.2. The molecule has 0 radical (unpaired) electrons. The van der Waals surface area contributed by atoms with Gasteiger partial charge in [0.05, 0.1) is 19.1 Å². The summed E-state index contributed by atoms with van der Waals surface area (Å²) in [5, 5.41) is 2.96. The van der Waals surface area contributed by atoms with Crippen molar-refractivity contribution in [3.63, 3.8) is 0 Å². The maximum Gasteiger partial charge on any atom is 0.243 e. The van der Waals surface area contributed by atoms with Crippen molar-refractivity contribution in [2.75, 3.05) is 24.2 Å². The summed E-state index contributed by atoms with van der Waals surface area (Å²) in [6, 6.07) is 12.1. The fraction of sp³-hybridized carbons (Fsp3) is 0.481. The van der Waals surface area contributed by atoms with Crippen molar-refractivity contribution in [1.29, 1.82) is 0 Å². The lowest BCUT2D eigenvalue weighted by molar-refractivity contribution is -0.141. The number of amides is 2. The van der Waals surface area contributed by atoms with Gasteiger partial charge in [-0.05, 0) is 56.0 Å². The Morgan fingerprint density at radius 2 is 1.78 bits per heavy atom. The summed E-state index contributed by atoms with van der Waals surface area (Å²) >= 11 is 0. The van der Waals surface area contributed by atoms with Crippen LogP contribution >= 0.6 is 0 Å². The molecule has 1 N–H and O–H groups in total. The standard InChI is InChI=1S/C27H38FN3O5S/c1-6-20(3)29-27(33)24(7-2)30(19-21-12-10-13-22(18-21)36-4)26(32)16-11-17-31(37(5,34)35)25-15-9-8-14-23(25)28/h8-10,12-15,18,20,24H,6-7,11,16-17,19H2,1-5H3,(H,29,33). The number of para-hydroxylation sites is 1. The van der Waals surface area contributed by atoms with Crippen molar-refractivity contribution in [1.82, 2.24) is 10.2 Å². The molecule has 0 saturated carbocycles. The highest BCUT2D eigenvalue weighted by molar-refractivity contribution is 7.92. The first-order chi connectivity index (χ1) is 17.5. The first kappa shape index (κ1) is 30.1. The van der Waals surface area contributed by atoms with Gasteiger partial charge in [-0.15, -0.1) is 0 Å². The highest BCUT2D eigenvalue weighted by Crippen LogP contribution is 2.23. The second-order valence-electron chi connectivity index (χ2n) is 9.01. The molecule has 0 fully saturated rings. The van der Waals surface area contributed by atoms with E-state index in [2.05, 4.69) is 5.32 Å². The van der Waals surface area contributed by atoms with Crippen LogP contribution in [0.4, 0.5) is 10.1 Å². The third kappa shape index (κ3) is 8.73. The highest BCUT2D eigenvalue weighted by atomic mass is 32.2. The maximum absolute atomic E-state index is 14.3. The number of nitrogens with one attached hydrogen (secondary N) is 1. The number of rotatable bonds is 14. The van der Waals surface area contributed by atoms with E-state index in [1.807, 2.05) is 39.0 Å². The van der Waals surface area contributed by atoms with E-state index in [0.29, 0.717) is 12.2 Å². The van der Waals surface area contributed by atoms with Gasteiger partial charge in [0.15, 0.2) is 0 Å². The topological polar surface area (TPSA) is 96.0 Å². The van der Waals surface area contributed by atoms with Gasteiger partial charge in [0.25, 0.3) is 0 Å². The largest absolute Gasteiger partial charge is 0.497 e. The molecule has 0 aliphatic heterocycles. The van der Waals surface area contributed by atoms with Crippen LogP contribution in [0.3, 0.4) is 0 Å². The molecule has 0 saturated heterocycles. The lowest BCUT2D eigenvalue weighted by atomic mass is 10.1. The molecule has 0 aromatic heterocycles. The Hall–Kier alpha value is -3.14. The number of sulfonamides is 1. The molecule has 2 rings (SSSR count). The molecular weight excluding hydrogens is 497 g/mol. The molecule has 0 heterocycles. The number of benzene rings is 2. The number of hydrogen-bond donors (Lipinski definition) is 1. The Balaban J connectivity index is 2.26. The van der Waals surface area contributed by atoms with Crippen LogP contribution < -0.4 is 14.4 Å². The van der Waals surface area contributed by atoms with E-state index in [0.717, 1.165) is 22.5 Å². The summed E-state index contributed by atoms with van der Waals surface area (Å²) in [4.78, 5) is 28.1. The Kier molecular flexibility index (Phi) is 11.4. The zero-order chi connectivity index (χ0) is 27.6. The van der Waals surface area contributed by atoms with Crippen molar-refractivity contribution in [3.05, 3.63) is 59.9 Å². The van der Waals surface area contributed by atoms with Crippen LogP contribution in [0.25, 0.3) is 0 Å². The van der Waals surface area contributed by atoms with E-state index in [4.69, 9.17) is 4.74 Å². The quantitative estimate of drug-likeness (QED) is 0.393. The molecular formula is C27H38FN3O5S. The van der Waals surface area contributed by atoms with Crippen molar-refractivity contribution in [3.8, 4) is 5.75 Å². The number of methoxy groups -OCH3 is 1. The van der Waals surface area contributed by atoms with Gasteiger partial charge >= 0.3 is 0 Å². The SMILES string of the molecule is CCC(C)NC(=O)C(CC)N(Cc1cccc(OC)c1)C(=O)CCCN(c1ccccc1F)S(C)(=O)=O. The van der Waals surface area contributed by atoms with Crippen molar-refractivity contribution in [2.45, 2.75) is 65.1 Å². The third-order valence-electron chi connectivity index (χ3n) is 6.15. The molecule has 2 unspecified atom stereocenters. The summed E-state index contributed by atoms with van der Waals surface area (Å²) < 4.78 is 45.3. The minimum absolute atomic E-state index is 0.0163. The number of ether oxygens (including phenoxy) is 1. The molecule has 0 spiro atoms. The Morgan fingerprint density at radius 3 is 2.38 bits per heavy atom. The minimum Gasteiger partial charge on any atom is -0.497 e. The smallest absolute Gasteiger partial charge is 0.243 e. The summed E-state index contributed by atoms with van der Waals surface area (Å²) in [5.74, 6) is -0.560. The minimum atomic E-state index is -3.78. The van der Waals surface area contributed by atoms with Crippen LogP contribution in [0.15, 0.2) is 48.5 Å². The molecule has 2 aromatic carbocycles. The fourth-order valence-electron chi connectivity index (χ4n) is 3.96. The lowest BCUT2D eigenvalue weighted by Gasteiger charge is -2.32. The summed E-state index contributed by atoms with van der Waals surface area (Å²) in [7, 11) is -2.22. The van der Waals surface area contributed by atoms with Gasteiger partial charge in [0, 0.05) is 25.6 Å². The number of nitrogens with zero attached hydrogens (tertiary/aromatic N) is 2. The predicted octanol–water partition coefficient (Wildman–Crippen LogP) is 4.10. The molecule has 2 amide bonds. The number of halogens is 1. The molecule has 10 heteroatoms. The molecule has 204 valence electrons. The van der Waals surface area contributed by atoms with E-state index >= 15 is 0 Å². The van der Waals surface area contributed by atoms with E-state index in [1.165, 1.54) is 23.1 Å². The van der Waals surface area contributed by atoms with Gasteiger partial charge in [-0.25, -0.2) is 12.8 Å². The monoisotopic (exact) mass is 535 g/mol. The summed E-state index contributed by atoms with van der Waals surface area (Å²) in [6.45, 7) is 5.83. The average Bonchev–Trinajstić information content (AvgIpc) is 2.86. The van der Waals surface area contributed by atoms with Crippen LogP contribution in [0.5, 0.6) is 5.75 Å². The van der Waals surface area contributed by atoms with Gasteiger partial charge < -0.3 is 15.0 Å². The van der Waals surface area contributed by atoms with Crippen LogP contribution in [0.1, 0.15) is 52.0 Å². The molecule has 2 aromatic rings. The molecule has 0 aliphatic carbocycles. The van der Waals surface area contributed by atoms with Crippen molar-refractivity contribution in [2.24, 2.45) is 0 Å². The Bertz CT molecular complexity index is 1160. The number of carbonyl (C=O) groups is 2.